The highest BCUT2D eigenvalue weighted by molar-refractivity contribution is 7.07. The maximum Gasteiger partial charge on any atom is 0.416 e. The van der Waals surface area contributed by atoms with Gasteiger partial charge in [-0.3, -0.25) is 9.36 Å². The molecule has 218 valence electrons. The Morgan fingerprint density at radius 2 is 1.90 bits per heavy atom. The number of thiazole rings is 1. The summed E-state index contributed by atoms with van der Waals surface area (Å²) in [6, 6.07) is 12.0. The molecule has 0 amide bonds. The Balaban J connectivity index is 1.65. The van der Waals surface area contributed by atoms with Crippen molar-refractivity contribution in [2.24, 2.45) is 4.99 Å². The lowest BCUT2D eigenvalue weighted by atomic mass is 9.95. The van der Waals surface area contributed by atoms with E-state index in [4.69, 9.17) is 18.6 Å². The van der Waals surface area contributed by atoms with Crippen LogP contribution in [0, 0.1) is 0 Å². The number of carbonyl (C=O) groups excluding carboxylic acids is 1. The van der Waals surface area contributed by atoms with Crippen LogP contribution in [-0.4, -0.2) is 31.4 Å². The number of hydrogen-bond donors (Lipinski definition) is 0. The summed E-state index contributed by atoms with van der Waals surface area (Å²) in [6.45, 7) is 3.46. The van der Waals surface area contributed by atoms with Crippen molar-refractivity contribution in [1.29, 1.82) is 0 Å². The van der Waals surface area contributed by atoms with Gasteiger partial charge in [-0.25, -0.2) is 9.79 Å². The largest absolute Gasteiger partial charge is 0.497 e. The van der Waals surface area contributed by atoms with Crippen molar-refractivity contribution in [1.82, 2.24) is 4.57 Å². The molecule has 0 unspecified atom stereocenters. The quantitative estimate of drug-likeness (QED) is 0.275. The van der Waals surface area contributed by atoms with Crippen LogP contribution in [0.5, 0.6) is 11.5 Å². The van der Waals surface area contributed by atoms with E-state index in [1.54, 1.807) is 38.1 Å². The Morgan fingerprint density at radius 1 is 1.12 bits per heavy atom. The molecule has 0 radical (unpaired) electrons. The first-order valence-electron chi connectivity index (χ1n) is 12.7. The van der Waals surface area contributed by atoms with Crippen LogP contribution in [0.2, 0.25) is 0 Å². The number of rotatable bonds is 7. The molecule has 3 heterocycles. The summed E-state index contributed by atoms with van der Waals surface area (Å²) >= 11 is 1.08. The van der Waals surface area contributed by atoms with E-state index >= 15 is 0 Å². The fourth-order valence-corrected chi connectivity index (χ4v) is 5.73. The Hall–Kier alpha value is -4.58. The molecule has 0 spiro atoms. The molecule has 1 atom stereocenters. The lowest BCUT2D eigenvalue weighted by Gasteiger charge is -2.26. The van der Waals surface area contributed by atoms with E-state index in [2.05, 4.69) is 4.99 Å². The van der Waals surface area contributed by atoms with Crippen LogP contribution in [0.25, 0.3) is 17.4 Å². The van der Waals surface area contributed by atoms with Gasteiger partial charge in [0.25, 0.3) is 5.56 Å². The molecule has 8 nitrogen and oxygen atoms in total. The van der Waals surface area contributed by atoms with Gasteiger partial charge >= 0.3 is 12.1 Å². The number of esters is 1. The first-order chi connectivity index (χ1) is 20.0. The maximum absolute atomic E-state index is 13.9. The predicted molar refractivity (Wildman–Crippen MR) is 149 cm³/mol. The number of hydrogen-bond acceptors (Lipinski definition) is 8. The average molecular weight is 599 g/mol. The molecule has 42 heavy (non-hydrogen) atoms. The van der Waals surface area contributed by atoms with Crippen LogP contribution in [0.15, 0.2) is 80.1 Å². The van der Waals surface area contributed by atoms with Gasteiger partial charge in [-0.1, -0.05) is 23.5 Å². The third kappa shape index (κ3) is 5.37. The molecule has 1 aliphatic heterocycles. The van der Waals surface area contributed by atoms with Crippen molar-refractivity contribution in [2.45, 2.75) is 26.1 Å². The minimum Gasteiger partial charge on any atom is -0.497 e. The van der Waals surface area contributed by atoms with Gasteiger partial charge in [0, 0.05) is 17.2 Å². The van der Waals surface area contributed by atoms with Gasteiger partial charge in [0.1, 0.15) is 29.1 Å². The second-order valence-electron chi connectivity index (χ2n) is 9.19. The van der Waals surface area contributed by atoms with Crippen LogP contribution in [0.1, 0.15) is 36.8 Å². The molecular formula is C30H25F3N2O6S. The van der Waals surface area contributed by atoms with E-state index < -0.39 is 29.3 Å². The van der Waals surface area contributed by atoms with Gasteiger partial charge in [-0.15, -0.1) is 0 Å². The van der Waals surface area contributed by atoms with Gasteiger partial charge in [0.15, 0.2) is 4.80 Å². The van der Waals surface area contributed by atoms with Crippen molar-refractivity contribution >= 4 is 23.4 Å². The first kappa shape index (κ1) is 28.9. The molecule has 5 rings (SSSR count). The lowest BCUT2D eigenvalue weighted by Crippen LogP contribution is -2.40. The van der Waals surface area contributed by atoms with E-state index in [1.165, 1.54) is 43.1 Å². The Bertz CT molecular complexity index is 1880. The van der Waals surface area contributed by atoms with Crippen molar-refractivity contribution in [3.63, 3.8) is 0 Å². The number of fused-ring (bicyclic) bond motifs is 1. The third-order valence-corrected chi connectivity index (χ3v) is 7.61. The number of carbonyl (C=O) groups is 1. The van der Waals surface area contributed by atoms with Crippen molar-refractivity contribution in [2.75, 3.05) is 20.8 Å². The number of aromatic nitrogens is 1. The standard InChI is InChI=1S/C30H25F3N2O6S/c1-5-40-28(37)25-16(2)34-29-35(26(25)21-14-19(38-3)9-12-23(21)39-4)27(36)24(42-29)15-20-10-11-22(41-20)17-7-6-8-18(13-17)30(31,32)33/h6-15,26H,5H2,1-4H3/b24-15-/t26-/m1/s1. The normalized spacial score (nSPS) is 15.3. The van der Waals surface area contributed by atoms with E-state index in [1.807, 2.05) is 0 Å². The molecule has 12 heteroatoms. The zero-order valence-corrected chi connectivity index (χ0v) is 23.8. The molecule has 4 aromatic rings. The average Bonchev–Trinajstić information content (AvgIpc) is 3.55. The zero-order valence-electron chi connectivity index (χ0n) is 22.9. The number of benzene rings is 2. The maximum atomic E-state index is 13.9. The van der Waals surface area contributed by atoms with Gasteiger partial charge in [-0.2, -0.15) is 13.2 Å². The highest BCUT2D eigenvalue weighted by atomic mass is 32.1. The predicted octanol–water partition coefficient (Wildman–Crippen LogP) is 5.09. The van der Waals surface area contributed by atoms with Crippen molar-refractivity contribution in [3.05, 3.63) is 102 Å². The highest BCUT2D eigenvalue weighted by Crippen LogP contribution is 2.38. The Kier molecular flexibility index (Phi) is 7.83. The highest BCUT2D eigenvalue weighted by Gasteiger charge is 2.35. The molecule has 0 bridgehead atoms. The van der Waals surface area contributed by atoms with Crippen LogP contribution in [-0.2, 0) is 15.7 Å². The number of nitrogens with zero attached hydrogens (tertiary/aromatic N) is 2. The van der Waals surface area contributed by atoms with Gasteiger partial charge in [0.2, 0.25) is 0 Å². The molecular weight excluding hydrogens is 573 g/mol. The minimum atomic E-state index is -4.50. The van der Waals surface area contributed by atoms with Crippen LogP contribution >= 0.6 is 11.3 Å². The molecule has 2 aromatic carbocycles. The van der Waals surface area contributed by atoms with Crippen molar-refractivity contribution in [3.8, 4) is 22.8 Å². The van der Waals surface area contributed by atoms with Gasteiger partial charge in [0.05, 0.1) is 42.2 Å². The van der Waals surface area contributed by atoms with Gasteiger partial charge in [-0.05, 0) is 56.3 Å². The monoisotopic (exact) mass is 598 g/mol. The summed E-state index contributed by atoms with van der Waals surface area (Å²) < 4.78 is 63.3. The number of ether oxygens (including phenoxy) is 3. The van der Waals surface area contributed by atoms with E-state index in [0.29, 0.717) is 27.6 Å². The molecule has 0 aliphatic carbocycles. The summed E-state index contributed by atoms with van der Waals surface area (Å²) in [5.41, 5.74) is 0.0255. The van der Waals surface area contributed by atoms with Crippen LogP contribution in [0.3, 0.4) is 0 Å². The molecule has 1 aliphatic rings. The number of methoxy groups -OCH3 is 2. The van der Waals surface area contributed by atoms with E-state index in [0.717, 1.165) is 23.5 Å². The van der Waals surface area contributed by atoms with Gasteiger partial charge < -0.3 is 18.6 Å². The number of halogens is 3. The Morgan fingerprint density at radius 3 is 2.60 bits per heavy atom. The fraction of sp³-hybridized carbons (Fsp3) is 0.233. The second kappa shape index (κ2) is 11.4. The molecule has 0 fully saturated rings. The number of allylic oxidation sites excluding steroid dienone is 1. The van der Waals surface area contributed by atoms with Crippen LogP contribution < -0.4 is 24.4 Å². The van der Waals surface area contributed by atoms with E-state index in [9.17, 15) is 22.8 Å². The van der Waals surface area contributed by atoms with Crippen LogP contribution in [0.4, 0.5) is 13.2 Å². The Labute approximate surface area is 241 Å². The molecule has 0 saturated carbocycles. The van der Waals surface area contributed by atoms with E-state index in [-0.39, 0.29) is 33.8 Å². The summed E-state index contributed by atoms with van der Waals surface area (Å²) in [4.78, 5) is 31.9. The third-order valence-electron chi connectivity index (χ3n) is 6.62. The summed E-state index contributed by atoms with van der Waals surface area (Å²) in [7, 11) is 2.98. The molecule has 2 aromatic heterocycles. The lowest BCUT2D eigenvalue weighted by molar-refractivity contribution is -0.139. The molecule has 0 saturated heterocycles. The van der Waals surface area contributed by atoms with Crippen molar-refractivity contribution < 1.29 is 36.6 Å². The second-order valence-corrected chi connectivity index (χ2v) is 10.2. The minimum absolute atomic E-state index is 0.120. The topological polar surface area (TPSA) is 92.3 Å². The number of furan rings is 1. The summed E-state index contributed by atoms with van der Waals surface area (Å²) in [5.74, 6) is 0.746. The smallest absolute Gasteiger partial charge is 0.416 e. The molecule has 0 N–H and O–H groups in total. The zero-order chi connectivity index (χ0) is 30.2. The fourth-order valence-electron chi connectivity index (χ4n) is 4.70. The first-order valence-corrected chi connectivity index (χ1v) is 13.6. The SMILES string of the molecule is CCOC(=O)C1=C(C)N=c2s/c(=C\c3ccc(-c4cccc(C(F)(F)F)c4)o3)c(=O)n2[C@@H]1c1cc(OC)ccc1OC. The summed E-state index contributed by atoms with van der Waals surface area (Å²) in [5, 5.41) is 0. The summed E-state index contributed by atoms with van der Waals surface area (Å²) in [6.07, 6.45) is -3.01. The number of alkyl halides is 3.